The third-order valence-electron chi connectivity index (χ3n) is 2.47. The van der Waals surface area contributed by atoms with Gasteiger partial charge in [0.1, 0.15) is 4.90 Å². The van der Waals surface area contributed by atoms with E-state index in [9.17, 15) is 18.5 Å². The van der Waals surface area contributed by atoms with Gasteiger partial charge in [0, 0.05) is 24.2 Å². The van der Waals surface area contributed by atoms with E-state index in [1.54, 1.807) is 20.8 Å². The van der Waals surface area contributed by atoms with Crippen LogP contribution in [0.5, 0.6) is 0 Å². The van der Waals surface area contributed by atoms with Crippen LogP contribution in [-0.4, -0.2) is 25.4 Å². The quantitative estimate of drug-likeness (QED) is 0.620. The van der Waals surface area contributed by atoms with Gasteiger partial charge in [0.25, 0.3) is 5.69 Å². The highest BCUT2D eigenvalue weighted by molar-refractivity contribution is 7.89. The van der Waals surface area contributed by atoms with Gasteiger partial charge in [-0.15, -0.1) is 0 Å². The van der Waals surface area contributed by atoms with Crippen molar-refractivity contribution in [2.45, 2.75) is 44.6 Å². The van der Waals surface area contributed by atoms with Crippen molar-refractivity contribution in [1.82, 2.24) is 4.72 Å². The summed E-state index contributed by atoms with van der Waals surface area (Å²) in [5.74, 6) is 0. The molecule has 0 aliphatic rings. The molecule has 7 nitrogen and oxygen atoms in total. The van der Waals surface area contributed by atoms with Gasteiger partial charge in [-0.3, -0.25) is 10.1 Å². The van der Waals surface area contributed by atoms with Crippen LogP contribution in [0.25, 0.3) is 0 Å². The normalized spacial score (nSPS) is 12.2. The molecule has 1 aromatic carbocycles. The molecule has 1 rings (SSSR count). The predicted molar refractivity (Wildman–Crippen MR) is 82.0 cm³/mol. The third kappa shape index (κ3) is 4.98. The van der Waals surface area contributed by atoms with E-state index in [0.29, 0.717) is 6.54 Å². The van der Waals surface area contributed by atoms with Gasteiger partial charge >= 0.3 is 0 Å². The van der Waals surface area contributed by atoms with Crippen molar-refractivity contribution in [3.8, 4) is 0 Å². The topological polar surface area (TPSA) is 101 Å². The van der Waals surface area contributed by atoms with Gasteiger partial charge in [-0.25, -0.2) is 13.1 Å². The lowest BCUT2D eigenvalue weighted by molar-refractivity contribution is -0.384. The molecular weight excluding hydrogens is 294 g/mol. The minimum absolute atomic E-state index is 0.0106. The van der Waals surface area contributed by atoms with E-state index < -0.39 is 20.5 Å². The zero-order chi connectivity index (χ0) is 16.3. The van der Waals surface area contributed by atoms with Crippen molar-refractivity contribution in [2.24, 2.45) is 0 Å². The smallest absolute Gasteiger partial charge is 0.271 e. The van der Waals surface area contributed by atoms with E-state index in [2.05, 4.69) is 10.0 Å². The molecule has 0 spiro atoms. The standard InChI is InChI=1S/C13H21N3O4S/c1-5-8-14-11-9-10(16(17)18)6-7-12(11)21(19,20)15-13(2,3)4/h6-7,9,14-15H,5,8H2,1-4H3. The summed E-state index contributed by atoms with van der Waals surface area (Å²) in [5, 5.41) is 13.8. The average molecular weight is 315 g/mol. The van der Waals surface area contributed by atoms with Crippen molar-refractivity contribution in [2.75, 3.05) is 11.9 Å². The lowest BCUT2D eigenvalue weighted by Crippen LogP contribution is -2.40. The largest absolute Gasteiger partial charge is 0.384 e. The number of benzene rings is 1. The summed E-state index contributed by atoms with van der Waals surface area (Å²) in [6.45, 7) is 7.64. The van der Waals surface area contributed by atoms with E-state index in [0.717, 1.165) is 6.42 Å². The Kier molecular flexibility index (Phi) is 5.30. The Bertz CT molecular complexity index is 621. The monoisotopic (exact) mass is 315 g/mol. The molecule has 0 amide bonds. The SMILES string of the molecule is CCCNc1cc([N+](=O)[O-])ccc1S(=O)(=O)NC(C)(C)C. The first-order valence-corrected chi connectivity index (χ1v) is 8.11. The van der Waals surface area contributed by atoms with E-state index in [1.165, 1.54) is 18.2 Å². The summed E-state index contributed by atoms with van der Waals surface area (Å²) in [6, 6.07) is 3.69. The zero-order valence-corrected chi connectivity index (χ0v) is 13.5. The molecule has 0 heterocycles. The van der Waals surface area contributed by atoms with Gasteiger partial charge in [-0.05, 0) is 33.3 Å². The van der Waals surface area contributed by atoms with Crippen LogP contribution in [0.4, 0.5) is 11.4 Å². The van der Waals surface area contributed by atoms with Gasteiger partial charge in [0.15, 0.2) is 0 Å². The predicted octanol–water partition coefficient (Wildman–Crippen LogP) is 2.49. The van der Waals surface area contributed by atoms with Gasteiger partial charge in [-0.2, -0.15) is 0 Å². The molecule has 21 heavy (non-hydrogen) atoms. The summed E-state index contributed by atoms with van der Waals surface area (Å²) in [5.41, 5.74) is -0.547. The van der Waals surface area contributed by atoms with Crippen LogP contribution in [-0.2, 0) is 10.0 Å². The minimum atomic E-state index is -3.76. The highest BCUT2D eigenvalue weighted by Gasteiger charge is 2.25. The van der Waals surface area contributed by atoms with Crippen LogP contribution in [0.3, 0.4) is 0 Å². The number of nitrogens with one attached hydrogen (secondary N) is 2. The molecule has 0 radical (unpaired) electrons. The Morgan fingerprint density at radius 2 is 1.90 bits per heavy atom. The van der Waals surface area contributed by atoms with Crippen LogP contribution in [0, 0.1) is 10.1 Å². The van der Waals surface area contributed by atoms with Crippen molar-refractivity contribution in [1.29, 1.82) is 0 Å². The summed E-state index contributed by atoms with van der Waals surface area (Å²) < 4.78 is 27.3. The molecule has 2 N–H and O–H groups in total. The molecule has 0 atom stereocenters. The van der Waals surface area contributed by atoms with Crippen molar-refractivity contribution in [3.63, 3.8) is 0 Å². The molecule has 0 bridgehead atoms. The number of hydrogen-bond acceptors (Lipinski definition) is 5. The first-order valence-electron chi connectivity index (χ1n) is 6.63. The molecule has 0 fully saturated rings. The second kappa shape index (κ2) is 6.40. The van der Waals surface area contributed by atoms with Gasteiger partial charge in [0.2, 0.25) is 10.0 Å². The second-order valence-corrected chi connectivity index (χ2v) is 7.37. The molecule has 8 heteroatoms. The molecule has 0 unspecified atom stereocenters. The summed E-state index contributed by atoms with van der Waals surface area (Å²) in [6.07, 6.45) is 0.773. The highest BCUT2D eigenvalue weighted by atomic mass is 32.2. The number of rotatable bonds is 6. The first kappa shape index (κ1) is 17.4. The van der Waals surface area contributed by atoms with Crippen molar-refractivity contribution >= 4 is 21.4 Å². The van der Waals surface area contributed by atoms with Crippen LogP contribution in [0.15, 0.2) is 23.1 Å². The lowest BCUT2D eigenvalue weighted by Gasteiger charge is -2.21. The fraction of sp³-hybridized carbons (Fsp3) is 0.538. The third-order valence-corrected chi connectivity index (χ3v) is 4.29. The maximum absolute atomic E-state index is 12.4. The summed E-state index contributed by atoms with van der Waals surface area (Å²) in [7, 11) is -3.76. The van der Waals surface area contributed by atoms with E-state index >= 15 is 0 Å². The van der Waals surface area contributed by atoms with E-state index in [-0.39, 0.29) is 16.3 Å². The molecule has 1 aromatic rings. The molecule has 0 saturated carbocycles. The average Bonchev–Trinajstić information content (AvgIpc) is 2.32. The number of nitrogens with zero attached hydrogens (tertiary/aromatic N) is 1. The number of hydrogen-bond donors (Lipinski definition) is 2. The number of sulfonamides is 1. The summed E-state index contributed by atoms with van der Waals surface area (Å²) >= 11 is 0. The maximum atomic E-state index is 12.4. The fourth-order valence-electron chi connectivity index (χ4n) is 1.72. The fourth-order valence-corrected chi connectivity index (χ4v) is 3.31. The van der Waals surface area contributed by atoms with Crippen molar-refractivity contribution in [3.05, 3.63) is 28.3 Å². The van der Waals surface area contributed by atoms with Gasteiger partial charge < -0.3 is 5.32 Å². The zero-order valence-electron chi connectivity index (χ0n) is 12.6. The van der Waals surface area contributed by atoms with Crippen LogP contribution >= 0.6 is 0 Å². The molecular formula is C13H21N3O4S. The molecule has 0 saturated heterocycles. The Balaban J connectivity index is 3.30. The number of nitro groups is 1. The van der Waals surface area contributed by atoms with Gasteiger partial charge in [-0.1, -0.05) is 6.92 Å². The molecule has 0 aliphatic carbocycles. The molecule has 0 aliphatic heterocycles. The Morgan fingerprint density at radius 1 is 1.29 bits per heavy atom. The lowest BCUT2D eigenvalue weighted by atomic mass is 10.1. The van der Waals surface area contributed by atoms with Crippen LogP contribution < -0.4 is 10.0 Å². The number of anilines is 1. The van der Waals surface area contributed by atoms with Gasteiger partial charge in [0.05, 0.1) is 10.6 Å². The maximum Gasteiger partial charge on any atom is 0.271 e. The van der Waals surface area contributed by atoms with E-state index in [1.807, 2.05) is 6.92 Å². The first-order chi connectivity index (χ1) is 9.57. The Labute approximate surface area is 124 Å². The molecule has 118 valence electrons. The summed E-state index contributed by atoms with van der Waals surface area (Å²) in [4.78, 5) is 10.3. The minimum Gasteiger partial charge on any atom is -0.384 e. The van der Waals surface area contributed by atoms with Crippen LogP contribution in [0.1, 0.15) is 34.1 Å². The van der Waals surface area contributed by atoms with Crippen molar-refractivity contribution < 1.29 is 13.3 Å². The van der Waals surface area contributed by atoms with E-state index in [4.69, 9.17) is 0 Å². The second-order valence-electron chi connectivity index (χ2n) is 5.72. The molecule has 0 aromatic heterocycles. The number of nitro benzene ring substituents is 1. The highest BCUT2D eigenvalue weighted by Crippen LogP contribution is 2.27. The Morgan fingerprint density at radius 3 is 2.38 bits per heavy atom. The van der Waals surface area contributed by atoms with Crippen LogP contribution in [0.2, 0.25) is 0 Å². The number of non-ortho nitro benzene ring substituents is 1. The Hall–Kier alpha value is -1.67.